The van der Waals surface area contributed by atoms with Crippen molar-refractivity contribution < 1.29 is 9.53 Å². The van der Waals surface area contributed by atoms with Crippen LogP contribution in [0.4, 0.5) is 5.69 Å². The maximum absolute atomic E-state index is 12.2. The molecule has 18 heavy (non-hydrogen) atoms. The lowest BCUT2D eigenvalue weighted by atomic mass is 10.1. The number of rotatable bonds is 5. The molecule has 0 aromatic heterocycles. The Kier molecular flexibility index (Phi) is 3.63. The van der Waals surface area contributed by atoms with Crippen molar-refractivity contribution in [1.29, 1.82) is 0 Å². The Balaban J connectivity index is 2.15. The van der Waals surface area contributed by atoms with Crippen LogP contribution < -0.4 is 11.1 Å². The number of thiocarbonyl (C=S) groups is 1. The fourth-order valence-electron chi connectivity index (χ4n) is 1.88. The molecule has 0 aliphatic heterocycles. The Labute approximate surface area is 112 Å². The molecule has 1 fully saturated rings. The van der Waals surface area contributed by atoms with E-state index >= 15 is 0 Å². The highest BCUT2D eigenvalue weighted by molar-refractivity contribution is 7.80. The molecule has 1 saturated carbocycles. The van der Waals surface area contributed by atoms with Gasteiger partial charge in [0, 0.05) is 18.4 Å². The fraction of sp³-hybridized carbons (Fsp3) is 0.385. The zero-order valence-electron chi connectivity index (χ0n) is 10.2. The molecule has 1 aliphatic carbocycles. The maximum Gasteiger partial charge on any atom is 0.237 e. The summed E-state index contributed by atoms with van der Waals surface area (Å²) < 4.78 is 5.10. The van der Waals surface area contributed by atoms with Gasteiger partial charge in [0.1, 0.15) is 0 Å². The van der Waals surface area contributed by atoms with E-state index < -0.39 is 5.41 Å². The molecule has 4 nitrogen and oxygen atoms in total. The Morgan fingerprint density at radius 2 is 2.17 bits per heavy atom. The zero-order valence-corrected chi connectivity index (χ0v) is 11.0. The van der Waals surface area contributed by atoms with Gasteiger partial charge in [-0.3, -0.25) is 4.79 Å². The minimum atomic E-state index is -0.629. The molecule has 0 bridgehead atoms. The molecule has 1 aromatic carbocycles. The molecule has 2 rings (SSSR count). The number of hydrogen-bond donors (Lipinski definition) is 2. The minimum Gasteiger partial charge on any atom is -0.392 e. The van der Waals surface area contributed by atoms with Gasteiger partial charge in [-0.15, -0.1) is 0 Å². The van der Waals surface area contributed by atoms with Crippen molar-refractivity contribution in [2.45, 2.75) is 19.4 Å². The summed E-state index contributed by atoms with van der Waals surface area (Å²) >= 11 is 4.96. The van der Waals surface area contributed by atoms with Gasteiger partial charge in [0.15, 0.2) is 0 Å². The van der Waals surface area contributed by atoms with Gasteiger partial charge >= 0.3 is 0 Å². The molecular formula is C13H16N2O2S. The smallest absolute Gasteiger partial charge is 0.237 e. The van der Waals surface area contributed by atoms with Gasteiger partial charge in [0.05, 0.1) is 17.0 Å². The van der Waals surface area contributed by atoms with E-state index in [0.717, 1.165) is 24.1 Å². The van der Waals surface area contributed by atoms with E-state index in [0.29, 0.717) is 6.61 Å². The van der Waals surface area contributed by atoms with Crippen LogP contribution >= 0.6 is 12.2 Å². The van der Waals surface area contributed by atoms with Crippen molar-refractivity contribution >= 4 is 28.8 Å². The summed E-state index contributed by atoms with van der Waals surface area (Å²) in [6.07, 6.45) is 1.47. The SMILES string of the molecule is COCc1ccccc1NC(=O)C1(C(N)=S)CC1. The number of hydrogen-bond acceptors (Lipinski definition) is 3. The molecule has 0 saturated heterocycles. The molecule has 0 spiro atoms. The molecule has 3 N–H and O–H groups in total. The van der Waals surface area contributed by atoms with E-state index in [4.69, 9.17) is 22.7 Å². The molecule has 1 aromatic rings. The monoisotopic (exact) mass is 264 g/mol. The molecule has 0 radical (unpaired) electrons. The number of methoxy groups -OCH3 is 1. The van der Waals surface area contributed by atoms with Crippen LogP contribution in [0.1, 0.15) is 18.4 Å². The normalized spacial score (nSPS) is 16.1. The predicted molar refractivity (Wildman–Crippen MR) is 74.2 cm³/mol. The summed E-state index contributed by atoms with van der Waals surface area (Å²) in [4.78, 5) is 12.5. The topological polar surface area (TPSA) is 64.3 Å². The van der Waals surface area contributed by atoms with Crippen LogP contribution in [0.15, 0.2) is 24.3 Å². The summed E-state index contributed by atoms with van der Waals surface area (Å²) in [7, 11) is 1.62. The van der Waals surface area contributed by atoms with E-state index in [1.807, 2.05) is 24.3 Å². The molecule has 0 heterocycles. The molecule has 96 valence electrons. The van der Waals surface area contributed by atoms with Crippen molar-refractivity contribution in [2.75, 3.05) is 12.4 Å². The summed E-state index contributed by atoms with van der Waals surface area (Å²) in [6.45, 7) is 0.455. The number of amides is 1. The third-order valence-electron chi connectivity index (χ3n) is 3.22. The quantitative estimate of drug-likeness (QED) is 0.796. The van der Waals surface area contributed by atoms with Gasteiger partial charge in [-0.1, -0.05) is 30.4 Å². The summed E-state index contributed by atoms with van der Waals surface area (Å²) in [5, 5.41) is 2.89. The first-order valence-corrected chi connectivity index (χ1v) is 6.19. The van der Waals surface area contributed by atoms with Crippen molar-refractivity contribution in [3.05, 3.63) is 29.8 Å². The van der Waals surface area contributed by atoms with Gasteiger partial charge in [-0.2, -0.15) is 0 Å². The zero-order chi connectivity index (χ0) is 13.2. The molecular weight excluding hydrogens is 248 g/mol. The van der Waals surface area contributed by atoms with E-state index in [2.05, 4.69) is 5.32 Å². The van der Waals surface area contributed by atoms with Crippen LogP contribution in [-0.2, 0) is 16.1 Å². The van der Waals surface area contributed by atoms with Gasteiger partial charge < -0.3 is 15.8 Å². The van der Waals surface area contributed by atoms with E-state index in [1.54, 1.807) is 7.11 Å². The number of ether oxygens (including phenoxy) is 1. The van der Waals surface area contributed by atoms with Crippen molar-refractivity contribution in [3.63, 3.8) is 0 Å². The van der Waals surface area contributed by atoms with E-state index in [9.17, 15) is 4.79 Å². The van der Waals surface area contributed by atoms with Crippen LogP contribution in [0.2, 0.25) is 0 Å². The van der Waals surface area contributed by atoms with Gasteiger partial charge in [-0.05, 0) is 18.9 Å². The second-order valence-electron chi connectivity index (χ2n) is 4.49. The van der Waals surface area contributed by atoms with Crippen molar-refractivity contribution in [1.82, 2.24) is 0 Å². The summed E-state index contributed by atoms with van der Waals surface area (Å²) in [5.74, 6) is -0.112. The van der Waals surface area contributed by atoms with Crippen LogP contribution in [0.5, 0.6) is 0 Å². The number of nitrogens with two attached hydrogens (primary N) is 1. The van der Waals surface area contributed by atoms with E-state index in [-0.39, 0.29) is 10.9 Å². The number of benzene rings is 1. The Morgan fingerprint density at radius 1 is 1.50 bits per heavy atom. The Hall–Kier alpha value is -1.46. The molecule has 5 heteroatoms. The average molecular weight is 264 g/mol. The molecule has 0 atom stereocenters. The van der Waals surface area contributed by atoms with Crippen LogP contribution in [0.3, 0.4) is 0 Å². The van der Waals surface area contributed by atoms with Crippen LogP contribution in [-0.4, -0.2) is 18.0 Å². The lowest BCUT2D eigenvalue weighted by Gasteiger charge is -2.15. The Morgan fingerprint density at radius 3 is 2.72 bits per heavy atom. The highest BCUT2D eigenvalue weighted by Crippen LogP contribution is 2.46. The first kappa shape index (κ1) is 13.0. The Bertz CT molecular complexity index is 484. The first-order chi connectivity index (χ1) is 8.60. The van der Waals surface area contributed by atoms with Gasteiger partial charge in [-0.25, -0.2) is 0 Å². The predicted octanol–water partition coefficient (Wildman–Crippen LogP) is 1.84. The van der Waals surface area contributed by atoms with E-state index in [1.165, 1.54) is 0 Å². The lowest BCUT2D eigenvalue weighted by Crippen LogP contribution is -2.35. The third-order valence-corrected chi connectivity index (χ3v) is 3.61. The highest BCUT2D eigenvalue weighted by Gasteiger charge is 2.52. The number of carbonyl (C=O) groups is 1. The van der Waals surface area contributed by atoms with Crippen molar-refractivity contribution in [3.8, 4) is 0 Å². The number of para-hydroxylation sites is 1. The summed E-state index contributed by atoms with van der Waals surface area (Å²) in [6, 6.07) is 7.54. The largest absolute Gasteiger partial charge is 0.392 e. The highest BCUT2D eigenvalue weighted by atomic mass is 32.1. The molecule has 0 unspecified atom stereocenters. The number of anilines is 1. The maximum atomic E-state index is 12.2. The summed E-state index contributed by atoms with van der Waals surface area (Å²) in [5.41, 5.74) is 6.69. The molecule has 1 aliphatic rings. The van der Waals surface area contributed by atoms with Gasteiger partial charge in [0.2, 0.25) is 5.91 Å². The van der Waals surface area contributed by atoms with Crippen LogP contribution in [0, 0.1) is 5.41 Å². The molecule has 1 amide bonds. The second-order valence-corrected chi connectivity index (χ2v) is 4.93. The second kappa shape index (κ2) is 5.04. The lowest BCUT2D eigenvalue weighted by molar-refractivity contribution is -0.118. The first-order valence-electron chi connectivity index (χ1n) is 5.78. The average Bonchev–Trinajstić information content (AvgIpc) is 3.13. The third kappa shape index (κ3) is 2.37. The van der Waals surface area contributed by atoms with Crippen LogP contribution in [0.25, 0.3) is 0 Å². The standard InChI is InChI=1S/C13H16N2O2S/c1-17-8-9-4-2-3-5-10(9)15-12(16)13(6-7-13)11(14)18/h2-5H,6-8H2,1H3,(H2,14,18)(H,15,16). The van der Waals surface area contributed by atoms with Gasteiger partial charge in [0.25, 0.3) is 0 Å². The van der Waals surface area contributed by atoms with Crippen molar-refractivity contribution in [2.24, 2.45) is 11.1 Å². The fourth-order valence-corrected chi connectivity index (χ4v) is 2.17. The minimum absolute atomic E-state index is 0.112. The number of nitrogens with one attached hydrogen (secondary N) is 1. The number of carbonyl (C=O) groups excluding carboxylic acids is 1.